The maximum Gasteiger partial charge on any atom is 0.158 e. The summed E-state index contributed by atoms with van der Waals surface area (Å²) in [6.45, 7) is 5.99. The second-order valence-corrected chi connectivity index (χ2v) is 4.81. The molecule has 0 spiro atoms. The third kappa shape index (κ3) is 7.28. The Kier molecular flexibility index (Phi) is 10.6. The molecule has 1 unspecified atom stereocenters. The minimum absolute atomic E-state index is 0.165. The quantitative estimate of drug-likeness (QED) is 0.552. The van der Waals surface area contributed by atoms with E-state index in [1.54, 1.807) is 14.2 Å². The van der Waals surface area contributed by atoms with Gasteiger partial charge in [0.2, 0.25) is 0 Å². The van der Waals surface area contributed by atoms with Crippen LogP contribution in [0.25, 0.3) is 0 Å². The fourth-order valence-electron chi connectivity index (χ4n) is 2.09. The SMILES string of the molecule is CCN(CCCN(C)C)C(CN)CC(OC)OC. The average molecular weight is 261 g/mol. The number of rotatable bonds is 11. The van der Waals surface area contributed by atoms with E-state index >= 15 is 0 Å². The Morgan fingerprint density at radius 3 is 2.11 bits per heavy atom. The molecule has 0 heterocycles. The van der Waals surface area contributed by atoms with Crippen molar-refractivity contribution >= 4 is 0 Å². The molecule has 0 fully saturated rings. The largest absolute Gasteiger partial charge is 0.356 e. The summed E-state index contributed by atoms with van der Waals surface area (Å²) < 4.78 is 10.5. The van der Waals surface area contributed by atoms with Gasteiger partial charge in [-0.15, -0.1) is 0 Å². The molecule has 110 valence electrons. The molecule has 18 heavy (non-hydrogen) atoms. The van der Waals surface area contributed by atoms with Gasteiger partial charge in [-0.3, -0.25) is 4.90 Å². The molecule has 0 bridgehead atoms. The molecule has 0 aromatic carbocycles. The Hall–Kier alpha value is -0.200. The fourth-order valence-corrected chi connectivity index (χ4v) is 2.09. The molecule has 2 N–H and O–H groups in total. The number of methoxy groups -OCH3 is 2. The molecule has 0 aliphatic rings. The number of likely N-dealkylation sites (N-methyl/N-ethyl adjacent to an activating group) is 1. The van der Waals surface area contributed by atoms with Crippen LogP contribution in [-0.4, -0.2) is 76.6 Å². The van der Waals surface area contributed by atoms with Crippen molar-refractivity contribution in [1.29, 1.82) is 0 Å². The molecule has 0 aromatic heterocycles. The van der Waals surface area contributed by atoms with E-state index in [1.165, 1.54) is 0 Å². The molecule has 0 amide bonds. The zero-order valence-electron chi connectivity index (χ0n) is 12.7. The lowest BCUT2D eigenvalue weighted by Gasteiger charge is -2.32. The first-order valence-electron chi connectivity index (χ1n) is 6.73. The van der Waals surface area contributed by atoms with Crippen LogP contribution in [0.1, 0.15) is 19.8 Å². The zero-order chi connectivity index (χ0) is 14.0. The average Bonchev–Trinajstić information content (AvgIpc) is 2.37. The Morgan fingerprint density at radius 2 is 1.72 bits per heavy atom. The molecule has 0 aromatic rings. The summed E-state index contributed by atoms with van der Waals surface area (Å²) in [5.41, 5.74) is 5.88. The Bertz CT molecular complexity index is 187. The van der Waals surface area contributed by atoms with Crippen molar-refractivity contribution in [2.45, 2.75) is 32.1 Å². The Labute approximate surface area is 112 Å². The van der Waals surface area contributed by atoms with Crippen molar-refractivity contribution in [2.75, 3.05) is 54.5 Å². The second kappa shape index (κ2) is 10.7. The number of ether oxygens (including phenoxy) is 2. The Morgan fingerprint density at radius 1 is 1.11 bits per heavy atom. The highest BCUT2D eigenvalue weighted by Gasteiger charge is 2.20. The first-order chi connectivity index (χ1) is 8.58. The predicted molar refractivity (Wildman–Crippen MR) is 75.7 cm³/mol. The van der Waals surface area contributed by atoms with Crippen LogP contribution in [0.5, 0.6) is 0 Å². The van der Waals surface area contributed by atoms with Gasteiger partial charge in [0.25, 0.3) is 0 Å². The Balaban J connectivity index is 4.20. The minimum Gasteiger partial charge on any atom is -0.356 e. The third-order valence-corrected chi connectivity index (χ3v) is 3.24. The number of nitrogens with two attached hydrogens (primary N) is 1. The van der Waals surface area contributed by atoms with Gasteiger partial charge in [-0.25, -0.2) is 0 Å². The maximum atomic E-state index is 5.88. The highest BCUT2D eigenvalue weighted by molar-refractivity contribution is 4.73. The van der Waals surface area contributed by atoms with Gasteiger partial charge in [0, 0.05) is 33.2 Å². The van der Waals surface area contributed by atoms with E-state index in [4.69, 9.17) is 15.2 Å². The maximum absolute atomic E-state index is 5.88. The predicted octanol–water partition coefficient (Wildman–Crippen LogP) is 0.596. The topological polar surface area (TPSA) is 51.0 Å². The van der Waals surface area contributed by atoms with Crippen molar-refractivity contribution < 1.29 is 9.47 Å². The molecular weight excluding hydrogens is 230 g/mol. The van der Waals surface area contributed by atoms with Crippen molar-refractivity contribution in [2.24, 2.45) is 5.73 Å². The normalized spacial score (nSPS) is 13.8. The summed E-state index contributed by atoms with van der Waals surface area (Å²) in [5.74, 6) is 0. The smallest absolute Gasteiger partial charge is 0.158 e. The molecule has 0 saturated heterocycles. The van der Waals surface area contributed by atoms with Crippen LogP contribution in [0, 0.1) is 0 Å². The summed E-state index contributed by atoms with van der Waals surface area (Å²) in [5, 5.41) is 0. The van der Waals surface area contributed by atoms with E-state index in [0.29, 0.717) is 12.6 Å². The van der Waals surface area contributed by atoms with Gasteiger partial charge in [-0.2, -0.15) is 0 Å². The van der Waals surface area contributed by atoms with Crippen molar-refractivity contribution in [3.63, 3.8) is 0 Å². The second-order valence-electron chi connectivity index (χ2n) is 4.81. The van der Waals surface area contributed by atoms with Gasteiger partial charge >= 0.3 is 0 Å². The number of hydrogen-bond acceptors (Lipinski definition) is 5. The summed E-state index contributed by atoms with van der Waals surface area (Å²) in [4.78, 5) is 4.62. The highest BCUT2D eigenvalue weighted by atomic mass is 16.7. The van der Waals surface area contributed by atoms with Crippen molar-refractivity contribution in [3.05, 3.63) is 0 Å². The first-order valence-corrected chi connectivity index (χ1v) is 6.73. The third-order valence-electron chi connectivity index (χ3n) is 3.24. The summed E-state index contributed by atoms with van der Waals surface area (Å²) >= 11 is 0. The van der Waals surface area contributed by atoms with E-state index in [1.807, 2.05) is 0 Å². The lowest BCUT2D eigenvalue weighted by atomic mass is 10.1. The van der Waals surface area contributed by atoms with E-state index < -0.39 is 0 Å². The van der Waals surface area contributed by atoms with Crippen LogP contribution in [0.3, 0.4) is 0 Å². The summed E-state index contributed by atoms with van der Waals surface area (Å²) in [7, 11) is 7.54. The van der Waals surface area contributed by atoms with Gasteiger partial charge in [0.05, 0.1) is 0 Å². The molecule has 1 atom stereocenters. The van der Waals surface area contributed by atoms with E-state index in [9.17, 15) is 0 Å². The molecule has 0 saturated carbocycles. The standard InChI is InChI=1S/C13H31N3O2/c1-6-16(9-7-8-15(2)3)12(11-14)10-13(17-4)18-5/h12-13H,6-11,14H2,1-5H3. The number of nitrogens with zero attached hydrogens (tertiary/aromatic N) is 2. The fraction of sp³-hybridized carbons (Fsp3) is 1.00. The van der Waals surface area contributed by atoms with Crippen LogP contribution in [0.2, 0.25) is 0 Å². The van der Waals surface area contributed by atoms with Crippen molar-refractivity contribution in [3.8, 4) is 0 Å². The first kappa shape index (κ1) is 17.8. The zero-order valence-corrected chi connectivity index (χ0v) is 12.7. The van der Waals surface area contributed by atoms with E-state index in [-0.39, 0.29) is 6.29 Å². The number of hydrogen-bond donors (Lipinski definition) is 1. The minimum atomic E-state index is -0.165. The molecule has 0 aliphatic heterocycles. The lowest BCUT2D eigenvalue weighted by molar-refractivity contribution is -0.116. The summed E-state index contributed by atoms with van der Waals surface area (Å²) in [6, 6.07) is 0.321. The van der Waals surface area contributed by atoms with Crippen molar-refractivity contribution in [1.82, 2.24) is 9.80 Å². The van der Waals surface area contributed by atoms with Crippen LogP contribution in [0.15, 0.2) is 0 Å². The summed E-state index contributed by atoms with van der Waals surface area (Å²) in [6.07, 6.45) is 1.81. The molecule has 0 radical (unpaired) electrons. The van der Waals surface area contributed by atoms with E-state index in [0.717, 1.165) is 32.5 Å². The van der Waals surface area contributed by atoms with Gasteiger partial charge in [0.1, 0.15) is 0 Å². The van der Waals surface area contributed by atoms with Crippen LogP contribution in [-0.2, 0) is 9.47 Å². The van der Waals surface area contributed by atoms with Gasteiger partial charge in [-0.05, 0) is 40.2 Å². The molecule has 5 heteroatoms. The van der Waals surface area contributed by atoms with Gasteiger partial charge in [-0.1, -0.05) is 6.92 Å². The molecule has 5 nitrogen and oxygen atoms in total. The highest BCUT2D eigenvalue weighted by Crippen LogP contribution is 2.10. The molecule has 0 rings (SSSR count). The van der Waals surface area contributed by atoms with Crippen LogP contribution >= 0.6 is 0 Å². The monoisotopic (exact) mass is 261 g/mol. The molecular formula is C13H31N3O2. The van der Waals surface area contributed by atoms with Gasteiger partial charge in [0.15, 0.2) is 6.29 Å². The van der Waals surface area contributed by atoms with Crippen LogP contribution in [0.4, 0.5) is 0 Å². The van der Waals surface area contributed by atoms with E-state index in [2.05, 4.69) is 30.8 Å². The lowest BCUT2D eigenvalue weighted by Crippen LogP contribution is -2.44. The van der Waals surface area contributed by atoms with Crippen LogP contribution < -0.4 is 5.73 Å². The van der Waals surface area contributed by atoms with Gasteiger partial charge < -0.3 is 20.1 Å². The molecule has 0 aliphatic carbocycles.